The Hall–Kier alpha value is -8.09. The van der Waals surface area contributed by atoms with Gasteiger partial charge in [0.2, 0.25) is 0 Å². The first-order chi connectivity index (χ1) is 29.2. The largest absolute Gasteiger partial charge is 0.292 e. The molecule has 0 bridgehead atoms. The first-order valence-corrected chi connectivity index (χ1v) is 19.7. The van der Waals surface area contributed by atoms with Crippen molar-refractivity contribution < 1.29 is 0 Å². The van der Waals surface area contributed by atoms with Gasteiger partial charge in [-0.2, -0.15) is 0 Å². The first kappa shape index (κ1) is 34.2. The molecule has 11 rings (SSSR count). The molecule has 0 saturated heterocycles. The molecule has 0 radical (unpaired) electrons. The SMILES string of the molecule is c1ccc(-c2nc3c4c(-c5ccc(-c6cccc(-c7cc(-c8ccccn8)nc(-c8ccccn8)c7)c6)cc5)nc5ccccc5c4ccc3n2-c2ccccc2)cc1. The summed E-state index contributed by atoms with van der Waals surface area (Å²) in [6.45, 7) is 0. The summed E-state index contributed by atoms with van der Waals surface area (Å²) >= 11 is 0. The van der Waals surface area contributed by atoms with E-state index in [9.17, 15) is 0 Å². The number of imidazole rings is 1. The van der Waals surface area contributed by atoms with Gasteiger partial charge in [-0.3, -0.25) is 14.5 Å². The van der Waals surface area contributed by atoms with Crippen molar-refractivity contribution >= 4 is 32.7 Å². The number of hydrogen-bond acceptors (Lipinski definition) is 5. The Balaban J connectivity index is 1.05. The number of pyridine rings is 4. The fraction of sp³-hybridized carbons (Fsp3) is 0. The Kier molecular flexibility index (Phi) is 8.37. The zero-order valence-corrected chi connectivity index (χ0v) is 31.8. The second-order valence-electron chi connectivity index (χ2n) is 14.5. The topological polar surface area (TPSA) is 69.4 Å². The van der Waals surface area contributed by atoms with Crippen LogP contribution in [0.1, 0.15) is 0 Å². The standard InChI is InChI=1S/C53H34N6/c1-3-14-37(15-4-1)53-58-52-49(59(53)41-18-5-2-6-19-41)29-28-43-42-20-7-8-21-44(42)57-51(50(43)52)36-26-24-35(25-27-36)38-16-13-17-39(32-38)40-33-47(45-22-9-11-30-54-45)56-48(34-40)46-23-10-12-31-55-46/h1-34H. The van der Waals surface area contributed by atoms with E-state index in [0.29, 0.717) is 0 Å². The molecule has 276 valence electrons. The number of hydrogen-bond donors (Lipinski definition) is 0. The van der Waals surface area contributed by atoms with Crippen LogP contribution in [-0.4, -0.2) is 29.5 Å². The van der Waals surface area contributed by atoms with Gasteiger partial charge in [-0.05, 0) is 94.4 Å². The van der Waals surface area contributed by atoms with Gasteiger partial charge in [0, 0.05) is 40.0 Å². The molecule has 0 spiro atoms. The maximum absolute atomic E-state index is 5.45. The molecule has 0 aliphatic heterocycles. The third-order valence-electron chi connectivity index (χ3n) is 10.9. The van der Waals surface area contributed by atoms with Gasteiger partial charge in [-0.1, -0.05) is 127 Å². The predicted octanol–water partition coefficient (Wildman–Crippen LogP) is 12.9. The van der Waals surface area contributed by atoms with Crippen LogP contribution < -0.4 is 0 Å². The molecule has 0 aliphatic carbocycles. The van der Waals surface area contributed by atoms with E-state index in [4.69, 9.17) is 15.0 Å². The van der Waals surface area contributed by atoms with E-state index in [1.54, 1.807) is 12.4 Å². The van der Waals surface area contributed by atoms with Crippen LogP contribution in [0, 0.1) is 0 Å². The Morgan fingerprint density at radius 3 is 1.66 bits per heavy atom. The van der Waals surface area contributed by atoms with Crippen molar-refractivity contribution in [1.82, 2.24) is 29.5 Å². The van der Waals surface area contributed by atoms with Crippen molar-refractivity contribution in [2.45, 2.75) is 0 Å². The van der Waals surface area contributed by atoms with E-state index < -0.39 is 0 Å². The Bertz CT molecular complexity index is 3230. The van der Waals surface area contributed by atoms with Gasteiger partial charge in [-0.15, -0.1) is 0 Å². The highest BCUT2D eigenvalue weighted by Crippen LogP contribution is 2.40. The highest BCUT2D eigenvalue weighted by atomic mass is 15.1. The van der Waals surface area contributed by atoms with E-state index in [-0.39, 0.29) is 0 Å². The molecule has 0 atom stereocenters. The minimum Gasteiger partial charge on any atom is -0.292 e. The first-order valence-electron chi connectivity index (χ1n) is 19.7. The van der Waals surface area contributed by atoms with Crippen molar-refractivity contribution in [2.75, 3.05) is 0 Å². The van der Waals surface area contributed by atoms with E-state index in [2.05, 4.69) is 160 Å². The summed E-state index contributed by atoms with van der Waals surface area (Å²) in [5, 5.41) is 3.26. The van der Waals surface area contributed by atoms with E-state index in [0.717, 1.165) is 106 Å². The molecule has 6 heteroatoms. The Morgan fingerprint density at radius 2 is 0.966 bits per heavy atom. The zero-order chi connectivity index (χ0) is 39.1. The number of rotatable bonds is 7. The van der Waals surface area contributed by atoms with Crippen LogP contribution in [0.2, 0.25) is 0 Å². The van der Waals surface area contributed by atoms with Gasteiger partial charge in [0.15, 0.2) is 0 Å². The molecule has 0 aliphatic rings. The molecule has 6 nitrogen and oxygen atoms in total. The number of fused-ring (bicyclic) bond motifs is 5. The average Bonchev–Trinajstić information content (AvgIpc) is 3.72. The molecule has 0 saturated carbocycles. The van der Waals surface area contributed by atoms with Crippen molar-refractivity contribution in [3.63, 3.8) is 0 Å². The molecule has 0 unspecified atom stereocenters. The summed E-state index contributed by atoms with van der Waals surface area (Å²) in [6, 6.07) is 67.1. The molecule has 5 heterocycles. The van der Waals surface area contributed by atoms with Crippen molar-refractivity contribution in [2.24, 2.45) is 0 Å². The molecule has 0 N–H and O–H groups in total. The summed E-state index contributed by atoms with van der Waals surface area (Å²) in [6.07, 6.45) is 3.60. The molecule has 0 fully saturated rings. The van der Waals surface area contributed by atoms with E-state index in [1.807, 2.05) is 48.5 Å². The highest BCUT2D eigenvalue weighted by Gasteiger charge is 2.21. The minimum absolute atomic E-state index is 0.798. The van der Waals surface area contributed by atoms with Gasteiger partial charge in [-0.25, -0.2) is 15.0 Å². The lowest BCUT2D eigenvalue weighted by Gasteiger charge is -2.13. The molecule has 5 aromatic heterocycles. The normalized spacial score (nSPS) is 11.4. The van der Waals surface area contributed by atoms with Gasteiger partial charge >= 0.3 is 0 Å². The molecule has 6 aromatic carbocycles. The zero-order valence-electron chi connectivity index (χ0n) is 31.8. The average molecular weight is 755 g/mol. The van der Waals surface area contributed by atoms with Crippen molar-refractivity contribution in [1.29, 1.82) is 0 Å². The van der Waals surface area contributed by atoms with Crippen LogP contribution >= 0.6 is 0 Å². The van der Waals surface area contributed by atoms with Crippen molar-refractivity contribution in [3.05, 3.63) is 207 Å². The summed E-state index contributed by atoms with van der Waals surface area (Å²) < 4.78 is 2.26. The summed E-state index contributed by atoms with van der Waals surface area (Å²) in [5.74, 6) is 0.891. The van der Waals surface area contributed by atoms with Crippen LogP contribution in [0.5, 0.6) is 0 Å². The maximum atomic E-state index is 5.45. The number of aromatic nitrogens is 6. The van der Waals surface area contributed by atoms with E-state index in [1.165, 1.54) is 0 Å². The number of para-hydroxylation sites is 2. The van der Waals surface area contributed by atoms with Gasteiger partial charge in [0.25, 0.3) is 0 Å². The number of nitrogens with zero attached hydrogens (tertiary/aromatic N) is 6. The van der Waals surface area contributed by atoms with Gasteiger partial charge in [0.05, 0.1) is 45.0 Å². The van der Waals surface area contributed by atoms with Crippen molar-refractivity contribution in [3.8, 4) is 73.4 Å². The third-order valence-corrected chi connectivity index (χ3v) is 10.9. The Morgan fingerprint density at radius 1 is 0.356 bits per heavy atom. The van der Waals surface area contributed by atoms with Gasteiger partial charge < -0.3 is 0 Å². The van der Waals surface area contributed by atoms with Gasteiger partial charge in [0.1, 0.15) is 5.82 Å². The van der Waals surface area contributed by atoms with Crippen LogP contribution in [0.15, 0.2) is 207 Å². The fourth-order valence-corrected chi connectivity index (χ4v) is 8.10. The van der Waals surface area contributed by atoms with Crippen LogP contribution in [0.3, 0.4) is 0 Å². The predicted molar refractivity (Wildman–Crippen MR) is 240 cm³/mol. The quantitative estimate of drug-likeness (QED) is 0.152. The fourth-order valence-electron chi connectivity index (χ4n) is 8.10. The Labute approximate surface area is 340 Å². The monoisotopic (exact) mass is 754 g/mol. The number of benzene rings is 6. The molecule has 59 heavy (non-hydrogen) atoms. The smallest absolute Gasteiger partial charge is 0.145 e. The molecule has 11 aromatic rings. The second kappa shape index (κ2) is 14.4. The molecular formula is C53H34N6. The minimum atomic E-state index is 0.798. The lowest BCUT2D eigenvalue weighted by molar-refractivity contribution is 1.10. The summed E-state index contributed by atoms with van der Waals surface area (Å²) in [5.41, 5.74) is 14.5. The third kappa shape index (κ3) is 6.20. The van der Waals surface area contributed by atoms with Crippen LogP contribution in [0.4, 0.5) is 0 Å². The van der Waals surface area contributed by atoms with Crippen LogP contribution in [0.25, 0.3) is 106 Å². The summed E-state index contributed by atoms with van der Waals surface area (Å²) in [4.78, 5) is 25.0. The lowest BCUT2D eigenvalue weighted by atomic mass is 9.95. The van der Waals surface area contributed by atoms with Crippen LogP contribution in [-0.2, 0) is 0 Å². The summed E-state index contributed by atoms with van der Waals surface area (Å²) in [7, 11) is 0. The second-order valence-corrected chi connectivity index (χ2v) is 14.5. The molecular weight excluding hydrogens is 721 g/mol. The molecule has 0 amide bonds. The maximum Gasteiger partial charge on any atom is 0.145 e. The van der Waals surface area contributed by atoms with E-state index >= 15 is 0 Å². The highest BCUT2D eigenvalue weighted by molar-refractivity contribution is 6.20. The lowest BCUT2D eigenvalue weighted by Crippen LogP contribution is -1.97.